The number of hydrogen-bond donors (Lipinski definition) is 2. The van der Waals surface area contributed by atoms with Crippen molar-refractivity contribution in [3.05, 3.63) is 46.5 Å². The maximum absolute atomic E-state index is 8.83. The average molecular weight is 288 g/mol. The van der Waals surface area contributed by atoms with Crippen molar-refractivity contribution in [3.8, 4) is 11.8 Å². The summed E-state index contributed by atoms with van der Waals surface area (Å²) in [5.74, 6) is 0.629. The minimum atomic E-state index is 0.499. The molecule has 0 aliphatic carbocycles. The summed E-state index contributed by atoms with van der Waals surface area (Å²) >= 11 is 6.07. The predicted molar refractivity (Wildman–Crippen MR) is 81.6 cm³/mol. The fourth-order valence-corrected chi connectivity index (χ4v) is 1.97. The number of halogens is 1. The van der Waals surface area contributed by atoms with E-state index in [-0.39, 0.29) is 0 Å². The van der Waals surface area contributed by atoms with Gasteiger partial charge in [0, 0.05) is 11.1 Å². The first-order valence-corrected chi connectivity index (χ1v) is 6.33. The van der Waals surface area contributed by atoms with Crippen molar-refractivity contribution in [2.75, 3.05) is 18.2 Å². The first-order chi connectivity index (χ1) is 9.55. The zero-order chi connectivity index (χ0) is 14.7. The minimum Gasteiger partial charge on any atom is -0.495 e. The Morgan fingerprint density at radius 1 is 1.25 bits per heavy atom. The topological polar surface area (TPSA) is 71.1 Å². The summed E-state index contributed by atoms with van der Waals surface area (Å²) in [6, 6.07) is 10.8. The SMILES string of the molecule is COc1cc(Cl)c(C)cc1Nc1ccc(C#N)cc1N. The molecule has 0 aliphatic rings. The number of nitrogens with two attached hydrogens (primary N) is 1. The lowest BCUT2D eigenvalue weighted by Crippen LogP contribution is -1.99. The molecule has 0 saturated heterocycles. The van der Waals surface area contributed by atoms with Crippen molar-refractivity contribution in [2.45, 2.75) is 6.92 Å². The maximum Gasteiger partial charge on any atom is 0.143 e. The number of methoxy groups -OCH3 is 1. The first-order valence-electron chi connectivity index (χ1n) is 5.96. The van der Waals surface area contributed by atoms with Crippen molar-refractivity contribution in [1.29, 1.82) is 5.26 Å². The van der Waals surface area contributed by atoms with Crippen LogP contribution in [0.15, 0.2) is 30.3 Å². The lowest BCUT2D eigenvalue weighted by molar-refractivity contribution is 0.417. The van der Waals surface area contributed by atoms with Crippen LogP contribution in [0.3, 0.4) is 0 Å². The number of aryl methyl sites for hydroxylation is 1. The molecule has 2 aromatic carbocycles. The Labute approximate surface area is 122 Å². The third kappa shape index (κ3) is 2.79. The third-order valence-corrected chi connectivity index (χ3v) is 3.34. The van der Waals surface area contributed by atoms with Crippen molar-refractivity contribution in [3.63, 3.8) is 0 Å². The number of nitrogens with zero attached hydrogens (tertiary/aromatic N) is 1. The second-order valence-corrected chi connectivity index (χ2v) is 4.75. The zero-order valence-electron chi connectivity index (χ0n) is 11.2. The molecule has 0 aliphatic heterocycles. The van der Waals surface area contributed by atoms with E-state index >= 15 is 0 Å². The fourth-order valence-electron chi connectivity index (χ4n) is 1.82. The number of nitrogen functional groups attached to an aromatic ring is 1. The number of nitriles is 1. The van der Waals surface area contributed by atoms with Crippen LogP contribution in [0.4, 0.5) is 17.1 Å². The molecule has 5 heteroatoms. The van der Waals surface area contributed by atoms with Gasteiger partial charge in [-0.25, -0.2) is 0 Å². The third-order valence-electron chi connectivity index (χ3n) is 2.93. The fraction of sp³-hybridized carbons (Fsp3) is 0.133. The van der Waals surface area contributed by atoms with Gasteiger partial charge in [-0.3, -0.25) is 0 Å². The molecular weight excluding hydrogens is 274 g/mol. The van der Waals surface area contributed by atoms with E-state index in [0.717, 1.165) is 11.3 Å². The molecule has 0 amide bonds. The second kappa shape index (κ2) is 5.72. The van der Waals surface area contributed by atoms with Gasteiger partial charge in [0.15, 0.2) is 0 Å². The standard InChI is InChI=1S/C15H14ClN3O/c1-9-5-14(15(20-2)7-11(9)16)19-13-4-3-10(8-17)6-12(13)18/h3-7,19H,18H2,1-2H3. The van der Waals surface area contributed by atoms with Crippen molar-refractivity contribution < 1.29 is 4.74 Å². The highest BCUT2D eigenvalue weighted by Gasteiger charge is 2.09. The van der Waals surface area contributed by atoms with Gasteiger partial charge >= 0.3 is 0 Å². The molecule has 0 radical (unpaired) electrons. The summed E-state index contributed by atoms with van der Waals surface area (Å²) in [5.41, 5.74) is 9.36. The van der Waals surface area contributed by atoms with Crippen molar-refractivity contribution in [2.24, 2.45) is 0 Å². The van der Waals surface area contributed by atoms with Crippen LogP contribution in [0, 0.1) is 18.3 Å². The quantitative estimate of drug-likeness (QED) is 0.841. The van der Waals surface area contributed by atoms with Gasteiger partial charge in [-0.1, -0.05) is 11.6 Å². The molecule has 3 N–H and O–H groups in total. The molecule has 0 aromatic heterocycles. The number of rotatable bonds is 3. The first kappa shape index (κ1) is 14.0. The summed E-state index contributed by atoms with van der Waals surface area (Å²) in [6.45, 7) is 1.91. The molecule has 2 aromatic rings. The van der Waals surface area contributed by atoms with Crippen LogP contribution in [0.5, 0.6) is 5.75 Å². The Bertz CT molecular complexity index is 692. The molecule has 0 bridgehead atoms. The predicted octanol–water partition coefficient (Wildman–Crippen LogP) is 3.85. The Morgan fingerprint density at radius 2 is 2.00 bits per heavy atom. The van der Waals surface area contributed by atoms with Gasteiger partial charge < -0.3 is 15.8 Å². The number of nitrogens with one attached hydrogen (secondary N) is 1. The number of anilines is 3. The van der Waals surface area contributed by atoms with Crippen LogP contribution >= 0.6 is 11.6 Å². The lowest BCUT2D eigenvalue weighted by Gasteiger charge is -2.14. The minimum absolute atomic E-state index is 0.499. The van der Waals surface area contributed by atoms with Crippen LogP contribution in [-0.2, 0) is 0 Å². The van der Waals surface area contributed by atoms with E-state index in [1.165, 1.54) is 0 Å². The number of benzene rings is 2. The average Bonchev–Trinajstić information content (AvgIpc) is 2.44. The highest BCUT2D eigenvalue weighted by atomic mass is 35.5. The summed E-state index contributed by atoms with van der Waals surface area (Å²) < 4.78 is 5.30. The normalized spacial score (nSPS) is 9.90. The van der Waals surface area contributed by atoms with Gasteiger partial charge in [-0.15, -0.1) is 0 Å². The molecular formula is C15H14ClN3O. The van der Waals surface area contributed by atoms with Crippen LogP contribution in [0.25, 0.3) is 0 Å². The highest BCUT2D eigenvalue weighted by molar-refractivity contribution is 6.31. The number of hydrogen-bond acceptors (Lipinski definition) is 4. The number of ether oxygens (including phenoxy) is 1. The molecule has 0 fully saturated rings. The van der Waals surface area contributed by atoms with E-state index in [1.807, 2.05) is 19.1 Å². The van der Waals surface area contributed by atoms with E-state index in [2.05, 4.69) is 5.32 Å². The van der Waals surface area contributed by atoms with Crippen LogP contribution < -0.4 is 15.8 Å². The van der Waals surface area contributed by atoms with Crippen molar-refractivity contribution >= 4 is 28.7 Å². The molecule has 4 nitrogen and oxygen atoms in total. The van der Waals surface area contributed by atoms with Gasteiger partial charge in [-0.05, 0) is 36.8 Å². The second-order valence-electron chi connectivity index (χ2n) is 4.34. The Hall–Kier alpha value is -2.38. The lowest BCUT2D eigenvalue weighted by atomic mass is 10.1. The Kier molecular flexibility index (Phi) is 4.02. The Morgan fingerprint density at radius 3 is 2.60 bits per heavy atom. The van der Waals surface area contributed by atoms with E-state index in [4.69, 9.17) is 27.3 Å². The van der Waals surface area contributed by atoms with E-state index in [1.54, 1.807) is 31.4 Å². The van der Waals surface area contributed by atoms with Gasteiger partial charge in [0.2, 0.25) is 0 Å². The Balaban J connectivity index is 2.40. The molecule has 0 spiro atoms. The summed E-state index contributed by atoms with van der Waals surface area (Å²) in [5, 5.41) is 12.7. The summed E-state index contributed by atoms with van der Waals surface area (Å²) in [6.07, 6.45) is 0. The zero-order valence-corrected chi connectivity index (χ0v) is 12.0. The van der Waals surface area contributed by atoms with E-state index in [0.29, 0.717) is 27.7 Å². The van der Waals surface area contributed by atoms with Gasteiger partial charge in [0.1, 0.15) is 5.75 Å². The monoisotopic (exact) mass is 287 g/mol. The van der Waals surface area contributed by atoms with Crippen LogP contribution in [0.2, 0.25) is 5.02 Å². The largest absolute Gasteiger partial charge is 0.495 e. The van der Waals surface area contributed by atoms with Crippen molar-refractivity contribution in [1.82, 2.24) is 0 Å². The van der Waals surface area contributed by atoms with E-state index < -0.39 is 0 Å². The molecule has 0 atom stereocenters. The van der Waals surface area contributed by atoms with Crippen LogP contribution in [-0.4, -0.2) is 7.11 Å². The smallest absolute Gasteiger partial charge is 0.143 e. The van der Waals surface area contributed by atoms with Gasteiger partial charge in [0.05, 0.1) is 35.8 Å². The van der Waals surface area contributed by atoms with Crippen LogP contribution in [0.1, 0.15) is 11.1 Å². The molecule has 0 unspecified atom stereocenters. The molecule has 102 valence electrons. The molecule has 20 heavy (non-hydrogen) atoms. The summed E-state index contributed by atoms with van der Waals surface area (Å²) in [7, 11) is 1.58. The molecule has 0 saturated carbocycles. The molecule has 0 heterocycles. The highest BCUT2D eigenvalue weighted by Crippen LogP contribution is 2.34. The van der Waals surface area contributed by atoms with E-state index in [9.17, 15) is 0 Å². The molecule has 2 rings (SSSR count). The summed E-state index contributed by atoms with van der Waals surface area (Å²) in [4.78, 5) is 0. The van der Waals surface area contributed by atoms with Gasteiger partial charge in [-0.2, -0.15) is 5.26 Å². The van der Waals surface area contributed by atoms with Gasteiger partial charge in [0.25, 0.3) is 0 Å². The maximum atomic E-state index is 8.83.